The topological polar surface area (TPSA) is 0 Å². The molecule has 1 unspecified atom stereocenters. The molecule has 0 aromatic carbocycles. The highest BCUT2D eigenvalue weighted by atomic mass is 127. The second-order valence-electron chi connectivity index (χ2n) is 3.71. The Hall–Kier alpha value is 0.0300. The van der Waals surface area contributed by atoms with E-state index < -0.39 is 47.4 Å². The Kier molecular flexibility index (Phi) is 5.81. The van der Waals surface area contributed by atoms with Gasteiger partial charge in [-0.15, -0.1) is 0 Å². The quantitative estimate of drug-likeness (QED) is 0.309. The lowest BCUT2D eigenvalue weighted by Gasteiger charge is -2.28. The van der Waals surface area contributed by atoms with Crippen LogP contribution in [0.3, 0.4) is 0 Å². The molecule has 0 aromatic rings. The molecule has 0 aliphatic rings. The van der Waals surface area contributed by atoms with E-state index in [9.17, 15) is 43.9 Å². The van der Waals surface area contributed by atoms with Crippen LogP contribution in [0.25, 0.3) is 0 Å². The number of rotatable bonds is 6. The molecule has 19 heavy (non-hydrogen) atoms. The van der Waals surface area contributed by atoms with Crippen LogP contribution in [0.1, 0.15) is 19.3 Å². The predicted molar refractivity (Wildman–Crippen MR) is 53.7 cm³/mol. The predicted octanol–water partition coefficient (Wildman–Crippen LogP) is 5.36. The van der Waals surface area contributed by atoms with Crippen molar-refractivity contribution in [3.05, 3.63) is 0 Å². The first kappa shape index (κ1) is 19.0. The van der Waals surface area contributed by atoms with E-state index in [2.05, 4.69) is 0 Å². The zero-order valence-corrected chi connectivity index (χ0v) is 11.0. The van der Waals surface area contributed by atoms with Gasteiger partial charge < -0.3 is 0 Å². The number of hydrogen-bond acceptors (Lipinski definition) is 0. The summed E-state index contributed by atoms with van der Waals surface area (Å²) in [6.07, 6.45) is -13.0. The van der Waals surface area contributed by atoms with Gasteiger partial charge in [0.25, 0.3) is 0 Å². The molecule has 0 amide bonds. The lowest BCUT2D eigenvalue weighted by Crippen LogP contribution is -2.44. The normalized spacial score (nSPS) is 16.6. The van der Waals surface area contributed by atoms with Crippen molar-refractivity contribution < 1.29 is 43.9 Å². The van der Waals surface area contributed by atoms with Gasteiger partial charge in [-0.3, -0.25) is 0 Å². The minimum atomic E-state index is -6.11. The molecule has 0 aromatic heterocycles. The van der Waals surface area contributed by atoms with Crippen LogP contribution in [0.2, 0.25) is 0 Å². The van der Waals surface area contributed by atoms with Gasteiger partial charge in [0.05, 0.1) is 6.42 Å². The summed E-state index contributed by atoms with van der Waals surface area (Å²) in [4.78, 5) is 0. The highest BCUT2D eigenvalue weighted by Gasteiger charge is 2.62. The fourth-order valence-corrected chi connectivity index (χ4v) is 1.53. The van der Waals surface area contributed by atoms with E-state index in [1.54, 1.807) is 0 Å². The Balaban J connectivity index is 4.80. The second kappa shape index (κ2) is 5.80. The Morgan fingerprint density at radius 2 is 1.05 bits per heavy atom. The van der Waals surface area contributed by atoms with Gasteiger partial charge in [0, 0.05) is 12.8 Å². The van der Waals surface area contributed by atoms with E-state index in [4.69, 9.17) is 0 Å². The Morgan fingerprint density at radius 1 is 0.684 bits per heavy atom. The first-order valence-corrected chi connectivity index (χ1v) is 5.85. The van der Waals surface area contributed by atoms with Crippen molar-refractivity contribution in [2.45, 2.75) is 47.4 Å². The smallest absolute Gasteiger partial charge is 0.236 e. The Morgan fingerprint density at radius 3 is 1.37 bits per heavy atom. The summed E-state index contributed by atoms with van der Waals surface area (Å²) in [5.41, 5.74) is 0. The Labute approximate surface area is 114 Å². The summed E-state index contributed by atoms with van der Waals surface area (Å²) in [5, 5.41) is 0. The lowest BCUT2D eigenvalue weighted by molar-refractivity contribution is -0.294. The first-order chi connectivity index (χ1) is 8.12. The molecule has 11 heteroatoms. The third-order valence-electron chi connectivity index (χ3n) is 2.11. The van der Waals surface area contributed by atoms with Crippen molar-refractivity contribution in [1.82, 2.24) is 0 Å². The summed E-state index contributed by atoms with van der Waals surface area (Å²) < 4.78 is 121. The van der Waals surface area contributed by atoms with Crippen LogP contribution in [0.5, 0.6) is 0 Å². The van der Waals surface area contributed by atoms with Crippen molar-refractivity contribution in [2.24, 2.45) is 0 Å². The van der Waals surface area contributed by atoms with Crippen LogP contribution < -0.4 is 0 Å². The summed E-state index contributed by atoms with van der Waals surface area (Å²) in [7, 11) is 0. The minimum Gasteiger partial charge on any atom is -0.236 e. The molecule has 0 nitrogen and oxygen atoms in total. The van der Waals surface area contributed by atoms with Crippen molar-refractivity contribution >= 4 is 22.6 Å². The first-order valence-electron chi connectivity index (χ1n) is 4.61. The molecule has 0 radical (unpaired) electrons. The molecule has 0 saturated carbocycles. The summed E-state index contributed by atoms with van der Waals surface area (Å²) in [5.74, 6) is -15.7. The minimum absolute atomic E-state index is 0.757. The number of alkyl halides is 11. The largest absolute Gasteiger partial charge is 0.453 e. The van der Waals surface area contributed by atoms with E-state index in [-0.39, 0.29) is 0 Å². The average molecular weight is 420 g/mol. The van der Waals surface area contributed by atoms with E-state index in [1.807, 2.05) is 0 Å². The van der Waals surface area contributed by atoms with Gasteiger partial charge in [-0.2, -0.15) is 39.5 Å². The SMILES string of the molecule is FC(I)CC(F)(F)C(F)(F)CCC(F)(F)C(F)(F)F. The molecule has 1 atom stereocenters. The maximum absolute atomic E-state index is 12.9. The van der Waals surface area contributed by atoms with E-state index in [0.29, 0.717) is 0 Å². The highest BCUT2D eigenvalue weighted by Crippen LogP contribution is 2.46. The van der Waals surface area contributed by atoms with Crippen LogP contribution in [0, 0.1) is 0 Å². The molecule has 0 aliphatic heterocycles. The molecule has 116 valence electrons. The van der Waals surface area contributed by atoms with E-state index >= 15 is 0 Å². The maximum atomic E-state index is 12.9. The zero-order valence-electron chi connectivity index (χ0n) is 8.86. The van der Waals surface area contributed by atoms with Gasteiger partial charge in [-0.25, -0.2) is 4.39 Å². The van der Waals surface area contributed by atoms with E-state index in [0.717, 1.165) is 22.6 Å². The summed E-state index contributed by atoms with van der Waals surface area (Å²) in [6, 6.07) is 0. The van der Waals surface area contributed by atoms with Crippen molar-refractivity contribution in [3.8, 4) is 0 Å². The fraction of sp³-hybridized carbons (Fsp3) is 1.00. The van der Waals surface area contributed by atoms with Crippen molar-refractivity contribution in [1.29, 1.82) is 0 Å². The third-order valence-corrected chi connectivity index (χ3v) is 2.55. The molecule has 0 N–H and O–H groups in total. The van der Waals surface area contributed by atoms with Crippen molar-refractivity contribution in [2.75, 3.05) is 0 Å². The molecule has 0 aliphatic carbocycles. The number of hydrogen-bond donors (Lipinski definition) is 0. The Bertz CT molecular complexity index is 294. The molecular weight excluding hydrogens is 413 g/mol. The second-order valence-corrected chi connectivity index (χ2v) is 5.06. The molecule has 0 fully saturated rings. The van der Waals surface area contributed by atoms with Gasteiger partial charge >= 0.3 is 23.9 Å². The molecule has 0 spiro atoms. The van der Waals surface area contributed by atoms with Gasteiger partial charge in [-0.05, 0) is 22.6 Å². The van der Waals surface area contributed by atoms with Gasteiger partial charge in [-0.1, -0.05) is 0 Å². The fourth-order valence-electron chi connectivity index (χ4n) is 0.982. The maximum Gasteiger partial charge on any atom is 0.453 e. The average Bonchev–Trinajstić information content (AvgIpc) is 2.10. The van der Waals surface area contributed by atoms with Crippen LogP contribution in [-0.2, 0) is 0 Å². The molecular formula is C8H7F10I. The van der Waals surface area contributed by atoms with Crippen molar-refractivity contribution in [3.63, 3.8) is 0 Å². The molecule has 0 bridgehead atoms. The zero-order chi connectivity index (χ0) is 15.7. The lowest BCUT2D eigenvalue weighted by atomic mass is 10.0. The van der Waals surface area contributed by atoms with Gasteiger partial charge in [0.15, 0.2) is 4.18 Å². The standard InChI is InChI=1S/C8H7F10I/c9-4(19)3-7(14,15)5(10,11)1-2-6(12,13)8(16,17)18/h4H,1-3H2. The van der Waals surface area contributed by atoms with Crippen LogP contribution >= 0.6 is 22.6 Å². The summed E-state index contributed by atoms with van der Waals surface area (Å²) >= 11 is 0.757. The van der Waals surface area contributed by atoms with Crippen LogP contribution in [0.4, 0.5) is 43.9 Å². The van der Waals surface area contributed by atoms with Gasteiger partial charge in [0.2, 0.25) is 0 Å². The van der Waals surface area contributed by atoms with E-state index in [1.165, 1.54) is 0 Å². The molecule has 0 rings (SSSR count). The third kappa shape index (κ3) is 5.14. The molecule has 0 saturated heterocycles. The van der Waals surface area contributed by atoms with Gasteiger partial charge in [0.1, 0.15) is 0 Å². The number of halogens is 11. The monoisotopic (exact) mass is 420 g/mol. The molecule has 0 heterocycles. The van der Waals surface area contributed by atoms with Crippen LogP contribution in [-0.4, -0.2) is 28.1 Å². The van der Waals surface area contributed by atoms with Crippen LogP contribution in [0.15, 0.2) is 0 Å². The summed E-state index contributed by atoms with van der Waals surface area (Å²) in [6.45, 7) is 0. The highest BCUT2D eigenvalue weighted by molar-refractivity contribution is 14.1.